The zero-order valence-corrected chi connectivity index (χ0v) is 22.0. The number of aromatic amines is 1. The zero-order chi connectivity index (χ0) is 22.4. The fourth-order valence-corrected chi connectivity index (χ4v) is 3.53. The number of carbonyl (C=O) groups excluding carboxylic acids is 1. The van der Waals surface area contributed by atoms with Crippen molar-refractivity contribution in [3.8, 4) is 0 Å². The molecule has 1 aromatic rings. The number of hydrogen-bond acceptors (Lipinski definition) is 5. The summed E-state index contributed by atoms with van der Waals surface area (Å²) in [6.07, 6.45) is -0.619. The molecule has 1 aromatic heterocycles. The van der Waals surface area contributed by atoms with E-state index in [0.29, 0.717) is 13.2 Å². The Morgan fingerprint density at radius 3 is 2.41 bits per heavy atom. The van der Waals surface area contributed by atoms with Crippen molar-refractivity contribution in [2.75, 3.05) is 20.2 Å². The van der Waals surface area contributed by atoms with Gasteiger partial charge in [-0.3, -0.25) is 0 Å². The number of ether oxygens (including phenoxy) is 3. The highest BCUT2D eigenvalue weighted by Crippen LogP contribution is 2.22. The van der Waals surface area contributed by atoms with E-state index >= 15 is 0 Å². The number of halogens is 1. The van der Waals surface area contributed by atoms with Crippen molar-refractivity contribution in [3.05, 3.63) is 16.1 Å². The van der Waals surface area contributed by atoms with Gasteiger partial charge in [0.1, 0.15) is 22.1 Å². The Labute approximate surface area is 185 Å². The molecule has 29 heavy (non-hydrogen) atoms. The summed E-state index contributed by atoms with van der Waals surface area (Å²) in [7, 11) is 0.593. The molecular formula is C20H38BrN3O4Si. The van der Waals surface area contributed by atoms with Crippen molar-refractivity contribution >= 4 is 30.1 Å². The van der Waals surface area contributed by atoms with Crippen molar-refractivity contribution in [1.82, 2.24) is 14.9 Å². The number of hydrogen-bond donors (Lipinski definition) is 1. The lowest BCUT2D eigenvalue weighted by molar-refractivity contribution is 0.00326. The van der Waals surface area contributed by atoms with E-state index < -0.39 is 13.7 Å². The first-order valence-corrected chi connectivity index (χ1v) is 14.6. The first-order valence-electron chi connectivity index (χ1n) is 10.1. The lowest BCUT2D eigenvalue weighted by Gasteiger charge is -2.26. The lowest BCUT2D eigenvalue weighted by atomic mass is 10.2. The molecular weight excluding hydrogens is 454 g/mol. The molecule has 0 fully saturated rings. The van der Waals surface area contributed by atoms with Gasteiger partial charge in [-0.1, -0.05) is 19.6 Å². The highest BCUT2D eigenvalue weighted by Gasteiger charge is 2.22. The summed E-state index contributed by atoms with van der Waals surface area (Å²) < 4.78 is 17.9. The summed E-state index contributed by atoms with van der Waals surface area (Å²) in [5.41, 5.74) is 0.341. The smallest absolute Gasteiger partial charge is 0.410 e. The molecule has 0 saturated heterocycles. The minimum Gasteiger partial charge on any atom is -0.444 e. The van der Waals surface area contributed by atoms with Crippen LogP contribution in [0.15, 0.2) is 4.60 Å². The van der Waals surface area contributed by atoms with Gasteiger partial charge in [-0.25, -0.2) is 9.78 Å². The molecule has 0 aliphatic rings. The normalized spacial score (nSPS) is 14.6. The van der Waals surface area contributed by atoms with Crippen LogP contribution < -0.4 is 0 Å². The molecule has 168 valence electrons. The van der Waals surface area contributed by atoms with Gasteiger partial charge in [0.2, 0.25) is 0 Å². The Hall–Kier alpha value is -0.903. The lowest BCUT2D eigenvalue weighted by Crippen LogP contribution is -2.38. The van der Waals surface area contributed by atoms with Crippen LogP contribution in [0.2, 0.25) is 25.7 Å². The Bertz CT molecular complexity index is 655. The van der Waals surface area contributed by atoms with Gasteiger partial charge in [0.05, 0.1) is 18.4 Å². The number of imidazole rings is 1. The minimum atomic E-state index is -1.11. The van der Waals surface area contributed by atoms with Crippen LogP contribution >= 0.6 is 15.9 Å². The third kappa shape index (κ3) is 10.6. The van der Waals surface area contributed by atoms with E-state index in [9.17, 15) is 4.79 Å². The zero-order valence-electron chi connectivity index (χ0n) is 19.4. The average Bonchev–Trinajstić information content (AvgIpc) is 2.91. The molecule has 9 heteroatoms. The Morgan fingerprint density at radius 2 is 1.86 bits per heavy atom. The van der Waals surface area contributed by atoms with Crippen LogP contribution in [0, 0.1) is 0 Å². The number of carbonyl (C=O) groups is 1. The Kier molecular flexibility index (Phi) is 9.85. The quantitative estimate of drug-likeness (QED) is 0.445. The van der Waals surface area contributed by atoms with Crippen LogP contribution in [0.5, 0.6) is 0 Å². The highest BCUT2D eigenvalue weighted by atomic mass is 79.9. The van der Waals surface area contributed by atoms with Crippen molar-refractivity contribution in [2.24, 2.45) is 0 Å². The van der Waals surface area contributed by atoms with E-state index in [0.717, 1.165) is 28.8 Å². The molecule has 0 saturated carbocycles. The predicted molar refractivity (Wildman–Crippen MR) is 122 cm³/mol. The molecule has 1 rings (SSSR count). The number of amides is 1. The number of nitrogens with one attached hydrogen (secondary N) is 1. The maximum absolute atomic E-state index is 12.1. The predicted octanol–water partition coefficient (Wildman–Crippen LogP) is 5.36. The molecule has 7 nitrogen and oxygen atoms in total. The van der Waals surface area contributed by atoms with Gasteiger partial charge >= 0.3 is 6.09 Å². The third-order valence-corrected chi connectivity index (χ3v) is 6.46. The molecule has 0 bridgehead atoms. The Morgan fingerprint density at radius 1 is 1.24 bits per heavy atom. The summed E-state index contributed by atoms with van der Waals surface area (Å²) in [4.78, 5) is 21.4. The SMILES string of the molecule is CC(CN(C)C(=O)OC(C)(C)C)OCc1[nH]c(C(C)OCC[Si](C)(C)C)nc1Br. The number of likely N-dealkylation sites (N-methyl/N-ethyl adjacent to an activating group) is 1. The summed E-state index contributed by atoms with van der Waals surface area (Å²) in [5, 5.41) is 0. The second-order valence-corrected chi connectivity index (χ2v) is 16.1. The summed E-state index contributed by atoms with van der Waals surface area (Å²) in [5.74, 6) is 0.782. The van der Waals surface area contributed by atoms with Crippen molar-refractivity contribution in [2.45, 2.75) is 84.7 Å². The van der Waals surface area contributed by atoms with Crippen LogP contribution in [-0.4, -0.2) is 60.9 Å². The van der Waals surface area contributed by atoms with Gasteiger partial charge in [0, 0.05) is 28.3 Å². The molecule has 1 N–H and O–H groups in total. The first kappa shape index (κ1) is 26.1. The third-order valence-electron chi connectivity index (χ3n) is 4.10. The number of aromatic nitrogens is 2. The van der Waals surface area contributed by atoms with E-state index in [1.165, 1.54) is 4.90 Å². The van der Waals surface area contributed by atoms with Crippen molar-refractivity contribution < 1.29 is 19.0 Å². The van der Waals surface area contributed by atoms with Gasteiger partial charge in [-0.2, -0.15) is 0 Å². The number of nitrogens with zero attached hydrogens (tertiary/aromatic N) is 2. The second-order valence-electron chi connectivity index (χ2n) is 9.70. The fourth-order valence-electron chi connectivity index (χ4n) is 2.39. The molecule has 2 atom stereocenters. The van der Waals surface area contributed by atoms with Crippen LogP contribution in [0.25, 0.3) is 0 Å². The molecule has 1 heterocycles. The maximum Gasteiger partial charge on any atom is 0.410 e. The molecule has 0 aromatic carbocycles. The summed E-state index contributed by atoms with van der Waals surface area (Å²) in [6, 6.07) is 1.12. The van der Waals surface area contributed by atoms with E-state index in [1.54, 1.807) is 7.05 Å². The van der Waals surface area contributed by atoms with Crippen LogP contribution in [-0.2, 0) is 20.8 Å². The molecule has 1 amide bonds. The van der Waals surface area contributed by atoms with E-state index in [1.807, 2.05) is 34.6 Å². The van der Waals surface area contributed by atoms with Crippen molar-refractivity contribution in [1.29, 1.82) is 0 Å². The van der Waals surface area contributed by atoms with Crippen LogP contribution in [0.1, 0.15) is 52.2 Å². The summed E-state index contributed by atoms with van der Waals surface area (Å²) >= 11 is 3.49. The molecule has 0 aliphatic carbocycles. The maximum atomic E-state index is 12.1. The van der Waals surface area contributed by atoms with E-state index in [-0.39, 0.29) is 18.3 Å². The largest absolute Gasteiger partial charge is 0.444 e. The highest BCUT2D eigenvalue weighted by molar-refractivity contribution is 9.10. The molecule has 0 radical (unpaired) electrons. The fraction of sp³-hybridized carbons (Fsp3) is 0.800. The van der Waals surface area contributed by atoms with Crippen LogP contribution in [0.3, 0.4) is 0 Å². The standard InChI is InChI=1S/C20H38BrN3O4Si/c1-14(12-24(6)19(25)28-20(3,4)5)27-13-16-17(21)23-18(22-16)15(2)26-10-11-29(7,8)9/h14-15H,10-13H2,1-9H3,(H,22,23). The number of H-pyrrole nitrogens is 1. The average molecular weight is 493 g/mol. The molecule has 0 spiro atoms. The molecule has 2 unspecified atom stereocenters. The van der Waals surface area contributed by atoms with Gasteiger partial charge < -0.3 is 24.1 Å². The van der Waals surface area contributed by atoms with E-state index in [2.05, 4.69) is 45.5 Å². The topological polar surface area (TPSA) is 76.7 Å². The number of rotatable bonds is 10. The monoisotopic (exact) mass is 491 g/mol. The van der Waals surface area contributed by atoms with Gasteiger partial charge in [-0.15, -0.1) is 0 Å². The van der Waals surface area contributed by atoms with Crippen LogP contribution in [0.4, 0.5) is 4.79 Å². The second kappa shape index (κ2) is 10.9. The van der Waals surface area contributed by atoms with Gasteiger partial charge in [-0.05, 0) is 56.6 Å². The minimum absolute atomic E-state index is 0.105. The Balaban J connectivity index is 2.51. The van der Waals surface area contributed by atoms with Crippen molar-refractivity contribution in [3.63, 3.8) is 0 Å². The summed E-state index contributed by atoms with van der Waals surface area (Å²) in [6.45, 7) is 18.0. The van der Waals surface area contributed by atoms with Gasteiger partial charge in [0.15, 0.2) is 0 Å². The molecule has 0 aliphatic heterocycles. The van der Waals surface area contributed by atoms with Gasteiger partial charge in [0.25, 0.3) is 0 Å². The van der Waals surface area contributed by atoms with E-state index in [4.69, 9.17) is 14.2 Å². The first-order chi connectivity index (χ1) is 13.2.